The predicted molar refractivity (Wildman–Crippen MR) is 111 cm³/mol. The number of benzene rings is 1. The molecule has 0 atom stereocenters. The second-order valence-corrected chi connectivity index (χ2v) is 8.07. The van der Waals surface area contributed by atoms with Crippen LogP contribution in [0.1, 0.15) is 37.9 Å². The average molecular weight is 394 g/mol. The van der Waals surface area contributed by atoms with Gasteiger partial charge in [-0.2, -0.15) is 0 Å². The van der Waals surface area contributed by atoms with E-state index in [0.29, 0.717) is 6.42 Å². The van der Waals surface area contributed by atoms with Crippen molar-refractivity contribution in [1.29, 1.82) is 0 Å². The largest absolute Gasteiger partial charge is 0.355 e. The van der Waals surface area contributed by atoms with E-state index in [1.807, 2.05) is 5.38 Å². The van der Waals surface area contributed by atoms with Crippen molar-refractivity contribution in [2.24, 2.45) is 5.41 Å². The molecule has 0 spiro atoms. The number of aryl methyl sites for hydroxylation is 1. The summed E-state index contributed by atoms with van der Waals surface area (Å²) in [5.41, 5.74) is 3.52. The molecule has 0 bridgehead atoms. The zero-order valence-corrected chi connectivity index (χ0v) is 17.1. The van der Waals surface area contributed by atoms with Crippen LogP contribution in [0.3, 0.4) is 0 Å². The minimum absolute atomic E-state index is 0. The van der Waals surface area contributed by atoms with Crippen molar-refractivity contribution < 1.29 is 4.79 Å². The zero-order valence-electron chi connectivity index (χ0n) is 15.5. The first kappa shape index (κ1) is 20.9. The first-order valence-corrected chi connectivity index (χ1v) is 9.97. The lowest BCUT2D eigenvalue weighted by atomic mass is 9.81. The number of rotatable bonds is 6. The highest BCUT2D eigenvalue weighted by molar-refractivity contribution is 7.13. The molecule has 1 aliphatic rings. The number of aromatic nitrogens is 1. The molecule has 1 aromatic heterocycles. The van der Waals surface area contributed by atoms with Crippen LogP contribution in [-0.2, 0) is 17.6 Å². The van der Waals surface area contributed by atoms with E-state index in [0.717, 1.165) is 55.2 Å². The van der Waals surface area contributed by atoms with Crippen molar-refractivity contribution in [3.05, 3.63) is 40.9 Å². The van der Waals surface area contributed by atoms with Crippen LogP contribution in [0.5, 0.6) is 0 Å². The molecule has 0 saturated carbocycles. The maximum Gasteiger partial charge on any atom is 0.226 e. The van der Waals surface area contributed by atoms with E-state index in [1.165, 1.54) is 5.56 Å². The van der Waals surface area contributed by atoms with Crippen LogP contribution in [0, 0.1) is 5.41 Å². The van der Waals surface area contributed by atoms with Crippen LogP contribution in [-0.4, -0.2) is 30.5 Å². The molecular weight excluding hydrogens is 366 g/mol. The summed E-state index contributed by atoms with van der Waals surface area (Å²) in [6.45, 7) is 7.24. The Balaban J connectivity index is 0.00000243. The van der Waals surface area contributed by atoms with E-state index in [-0.39, 0.29) is 23.7 Å². The number of carbonyl (C=O) groups is 1. The second kappa shape index (κ2) is 9.49. The lowest BCUT2D eigenvalue weighted by Gasteiger charge is -2.34. The number of carbonyl (C=O) groups excluding carboxylic acids is 1. The highest BCUT2D eigenvalue weighted by Crippen LogP contribution is 2.27. The Morgan fingerprint density at radius 1 is 1.27 bits per heavy atom. The van der Waals surface area contributed by atoms with Gasteiger partial charge in [-0.15, -0.1) is 23.7 Å². The highest BCUT2D eigenvalue weighted by atomic mass is 35.5. The molecule has 1 aliphatic heterocycles. The number of nitrogens with one attached hydrogen (secondary N) is 2. The van der Waals surface area contributed by atoms with Gasteiger partial charge >= 0.3 is 0 Å². The second-order valence-electron chi connectivity index (χ2n) is 7.21. The molecule has 1 amide bonds. The molecule has 4 nitrogen and oxygen atoms in total. The minimum atomic E-state index is 0. The SMILES string of the molecule is CCc1ccc(-c2nc(CC(=O)NCC3(C)CCNCC3)cs2)cc1.Cl. The van der Waals surface area contributed by atoms with Gasteiger partial charge in [0.1, 0.15) is 5.01 Å². The van der Waals surface area contributed by atoms with Gasteiger partial charge in [0.05, 0.1) is 12.1 Å². The van der Waals surface area contributed by atoms with Crippen molar-refractivity contribution >= 4 is 29.7 Å². The minimum Gasteiger partial charge on any atom is -0.355 e. The third-order valence-electron chi connectivity index (χ3n) is 5.03. The average Bonchev–Trinajstić information content (AvgIpc) is 3.09. The van der Waals surface area contributed by atoms with E-state index in [4.69, 9.17) is 0 Å². The summed E-state index contributed by atoms with van der Waals surface area (Å²) in [5, 5.41) is 9.45. The quantitative estimate of drug-likeness (QED) is 0.783. The summed E-state index contributed by atoms with van der Waals surface area (Å²) < 4.78 is 0. The van der Waals surface area contributed by atoms with Crippen LogP contribution in [0.25, 0.3) is 10.6 Å². The summed E-state index contributed by atoms with van der Waals surface area (Å²) in [4.78, 5) is 16.9. The van der Waals surface area contributed by atoms with Crippen molar-refractivity contribution in [2.45, 2.75) is 39.5 Å². The van der Waals surface area contributed by atoms with Crippen molar-refractivity contribution in [1.82, 2.24) is 15.6 Å². The Bertz CT molecular complexity index is 708. The Labute approximate surface area is 166 Å². The third kappa shape index (κ3) is 5.53. The van der Waals surface area contributed by atoms with Crippen LogP contribution in [0.2, 0.25) is 0 Å². The molecule has 1 aromatic carbocycles. The third-order valence-corrected chi connectivity index (χ3v) is 5.97. The van der Waals surface area contributed by atoms with Crippen LogP contribution in [0.4, 0.5) is 0 Å². The Morgan fingerprint density at radius 3 is 2.62 bits per heavy atom. The molecule has 2 aromatic rings. The van der Waals surface area contributed by atoms with Crippen molar-refractivity contribution in [3.8, 4) is 10.6 Å². The van der Waals surface area contributed by atoms with Gasteiger partial charge in [-0.05, 0) is 43.3 Å². The maximum atomic E-state index is 12.3. The summed E-state index contributed by atoms with van der Waals surface area (Å²) in [5.74, 6) is 0.0675. The number of nitrogens with zero attached hydrogens (tertiary/aromatic N) is 1. The lowest BCUT2D eigenvalue weighted by Crippen LogP contribution is -2.43. The Kier molecular flexibility index (Phi) is 7.62. The predicted octanol–water partition coefficient (Wildman–Crippen LogP) is 3.84. The number of hydrogen-bond acceptors (Lipinski definition) is 4. The number of hydrogen-bond donors (Lipinski definition) is 2. The fourth-order valence-electron chi connectivity index (χ4n) is 3.15. The topological polar surface area (TPSA) is 54.0 Å². The molecular formula is C20H28ClN3OS. The van der Waals surface area contributed by atoms with E-state index < -0.39 is 0 Å². The monoisotopic (exact) mass is 393 g/mol. The summed E-state index contributed by atoms with van der Waals surface area (Å²) >= 11 is 1.60. The van der Waals surface area contributed by atoms with Gasteiger partial charge < -0.3 is 10.6 Å². The van der Waals surface area contributed by atoms with Crippen LogP contribution in [0.15, 0.2) is 29.6 Å². The Hall–Kier alpha value is -1.43. The zero-order chi connectivity index (χ0) is 17.7. The van der Waals surface area contributed by atoms with Crippen molar-refractivity contribution in [3.63, 3.8) is 0 Å². The van der Waals surface area contributed by atoms with Gasteiger partial charge in [0.15, 0.2) is 0 Å². The highest BCUT2D eigenvalue weighted by Gasteiger charge is 2.27. The molecule has 0 unspecified atom stereocenters. The Morgan fingerprint density at radius 2 is 1.96 bits per heavy atom. The van der Waals surface area contributed by atoms with Gasteiger partial charge in [-0.3, -0.25) is 4.79 Å². The van der Waals surface area contributed by atoms with E-state index in [2.05, 4.69) is 53.7 Å². The number of piperidine rings is 1. The molecule has 6 heteroatoms. The molecule has 0 aliphatic carbocycles. The molecule has 1 saturated heterocycles. The van der Waals surface area contributed by atoms with Crippen LogP contribution < -0.4 is 10.6 Å². The number of amides is 1. The van der Waals surface area contributed by atoms with Crippen LogP contribution >= 0.6 is 23.7 Å². The van der Waals surface area contributed by atoms with Gasteiger partial charge in [0, 0.05) is 17.5 Å². The first-order valence-electron chi connectivity index (χ1n) is 9.09. The molecule has 0 radical (unpaired) electrons. The summed E-state index contributed by atoms with van der Waals surface area (Å²) in [6.07, 6.45) is 3.63. The van der Waals surface area contributed by atoms with Gasteiger partial charge in [-0.25, -0.2) is 4.98 Å². The molecule has 142 valence electrons. The normalized spacial score (nSPS) is 15.9. The lowest BCUT2D eigenvalue weighted by molar-refractivity contribution is -0.121. The fourth-order valence-corrected chi connectivity index (χ4v) is 3.98. The molecule has 2 N–H and O–H groups in total. The van der Waals surface area contributed by atoms with Gasteiger partial charge in [-0.1, -0.05) is 38.1 Å². The van der Waals surface area contributed by atoms with Gasteiger partial charge in [0.2, 0.25) is 5.91 Å². The van der Waals surface area contributed by atoms with Crippen molar-refractivity contribution in [2.75, 3.05) is 19.6 Å². The number of halogens is 1. The molecule has 2 heterocycles. The number of thiazole rings is 1. The van der Waals surface area contributed by atoms with E-state index in [1.54, 1.807) is 11.3 Å². The van der Waals surface area contributed by atoms with Gasteiger partial charge in [0.25, 0.3) is 0 Å². The fraction of sp³-hybridized carbons (Fsp3) is 0.500. The smallest absolute Gasteiger partial charge is 0.226 e. The first-order chi connectivity index (χ1) is 12.1. The molecule has 26 heavy (non-hydrogen) atoms. The maximum absolute atomic E-state index is 12.3. The standard InChI is InChI=1S/C20H27N3OS.ClH/c1-3-15-4-6-16(7-5-15)19-23-17(13-25-19)12-18(24)22-14-20(2)8-10-21-11-9-20;/h4-7,13,21H,3,8-12,14H2,1-2H3,(H,22,24);1H. The van der Waals surface area contributed by atoms with E-state index >= 15 is 0 Å². The molecule has 3 rings (SSSR count). The summed E-state index contributed by atoms with van der Waals surface area (Å²) in [6, 6.07) is 8.50. The molecule has 1 fully saturated rings. The summed E-state index contributed by atoms with van der Waals surface area (Å²) in [7, 11) is 0. The van der Waals surface area contributed by atoms with E-state index in [9.17, 15) is 4.79 Å².